The highest BCUT2D eigenvalue weighted by atomic mass is 16.5. The van der Waals surface area contributed by atoms with Crippen molar-refractivity contribution in [2.75, 3.05) is 31.6 Å². The average Bonchev–Trinajstić information content (AvgIpc) is 2.84. The van der Waals surface area contributed by atoms with E-state index in [2.05, 4.69) is 0 Å². The van der Waals surface area contributed by atoms with E-state index in [9.17, 15) is 24.6 Å². The number of hydrogen-bond donors (Lipinski definition) is 2. The monoisotopic (exact) mass is 488 g/mol. The molecule has 2 N–H and O–H groups in total. The maximum atomic E-state index is 13.0. The molecule has 0 saturated heterocycles. The van der Waals surface area contributed by atoms with Gasteiger partial charge < -0.3 is 19.8 Å². The third-order valence-electron chi connectivity index (χ3n) is 6.18. The Morgan fingerprint density at radius 2 is 1.86 bits per heavy atom. The van der Waals surface area contributed by atoms with Crippen LogP contribution in [0.3, 0.4) is 0 Å². The van der Waals surface area contributed by atoms with Gasteiger partial charge in [-0.25, -0.2) is 0 Å². The zero-order valence-corrected chi connectivity index (χ0v) is 20.4. The molecule has 4 rings (SSSR count). The molecule has 8 nitrogen and oxygen atoms in total. The van der Waals surface area contributed by atoms with E-state index < -0.39 is 6.10 Å². The predicted molar refractivity (Wildman–Crippen MR) is 135 cm³/mol. The maximum absolute atomic E-state index is 13.0. The number of aromatic hydroxyl groups is 1. The number of anilines is 1. The molecule has 186 valence electrons. The molecule has 2 amide bonds. The van der Waals surface area contributed by atoms with E-state index in [0.717, 1.165) is 11.1 Å². The third kappa shape index (κ3) is 5.23. The topological polar surface area (TPSA) is 107 Å². The van der Waals surface area contributed by atoms with Crippen molar-refractivity contribution in [2.24, 2.45) is 0 Å². The zero-order chi connectivity index (χ0) is 26.0. The van der Waals surface area contributed by atoms with E-state index in [0.29, 0.717) is 28.1 Å². The van der Waals surface area contributed by atoms with Crippen molar-refractivity contribution < 1.29 is 29.3 Å². The first-order chi connectivity index (χ1) is 17.1. The maximum Gasteiger partial charge on any atom is 0.265 e. The Morgan fingerprint density at radius 3 is 2.58 bits per heavy atom. The number of amides is 2. The number of ether oxygens (including phenoxy) is 1. The number of Topliss-reactive ketones (excluding diaryl/α,β-unsaturated/α-hetero) is 1. The summed E-state index contributed by atoms with van der Waals surface area (Å²) in [6, 6.07) is 16.5. The minimum absolute atomic E-state index is 0.00917. The second kappa shape index (κ2) is 10.2. The van der Waals surface area contributed by atoms with Crippen molar-refractivity contribution >= 4 is 23.3 Å². The van der Waals surface area contributed by atoms with Crippen molar-refractivity contribution in [3.8, 4) is 11.5 Å². The van der Waals surface area contributed by atoms with E-state index in [1.807, 2.05) is 26.0 Å². The van der Waals surface area contributed by atoms with Gasteiger partial charge in [0.25, 0.3) is 11.8 Å². The Morgan fingerprint density at radius 1 is 1.08 bits per heavy atom. The molecule has 0 fully saturated rings. The number of aryl methyl sites for hydroxylation is 2. The van der Waals surface area contributed by atoms with Crippen LogP contribution in [0, 0.1) is 13.8 Å². The summed E-state index contributed by atoms with van der Waals surface area (Å²) in [6.45, 7) is 3.45. The SMILES string of the molecule is Cc1ccc(C(=O)CN2C(=O)COc3cc(C(=O)N(C)C[C@H](O)c4cccc(O)c4)ccc32)c(C)c1. The molecule has 0 radical (unpaired) electrons. The number of likely N-dealkylation sites (N-methyl/N-ethyl adjacent to an activating group) is 1. The molecular formula is C28H28N2O6. The smallest absolute Gasteiger partial charge is 0.265 e. The van der Waals surface area contributed by atoms with E-state index in [1.165, 1.54) is 28.0 Å². The van der Waals surface area contributed by atoms with E-state index in [-0.39, 0.29) is 43.0 Å². The third-order valence-corrected chi connectivity index (χ3v) is 6.18. The molecule has 1 heterocycles. The number of nitrogens with zero attached hydrogens (tertiary/aromatic N) is 2. The summed E-state index contributed by atoms with van der Waals surface area (Å²) in [5.41, 5.74) is 3.68. The lowest BCUT2D eigenvalue weighted by molar-refractivity contribution is -0.121. The van der Waals surface area contributed by atoms with Crippen LogP contribution in [0.25, 0.3) is 0 Å². The number of aliphatic hydroxyl groups excluding tert-OH is 1. The van der Waals surface area contributed by atoms with Crippen LogP contribution in [0.15, 0.2) is 60.7 Å². The van der Waals surface area contributed by atoms with Crippen molar-refractivity contribution in [1.29, 1.82) is 0 Å². The quantitative estimate of drug-likeness (QED) is 0.494. The van der Waals surface area contributed by atoms with Crippen LogP contribution in [0.5, 0.6) is 11.5 Å². The van der Waals surface area contributed by atoms with Gasteiger partial charge in [-0.2, -0.15) is 0 Å². The van der Waals surface area contributed by atoms with Crippen LogP contribution in [-0.4, -0.2) is 59.5 Å². The molecule has 3 aromatic carbocycles. The number of aliphatic hydroxyl groups is 1. The number of carbonyl (C=O) groups excluding carboxylic acids is 3. The van der Waals surface area contributed by atoms with Crippen LogP contribution in [-0.2, 0) is 4.79 Å². The van der Waals surface area contributed by atoms with Gasteiger partial charge in [0, 0.05) is 18.2 Å². The highest BCUT2D eigenvalue weighted by Crippen LogP contribution is 2.34. The van der Waals surface area contributed by atoms with Gasteiger partial charge in [-0.05, 0) is 55.3 Å². The lowest BCUT2D eigenvalue weighted by Gasteiger charge is -2.29. The number of ketones is 1. The summed E-state index contributed by atoms with van der Waals surface area (Å²) < 4.78 is 5.58. The van der Waals surface area contributed by atoms with Crippen LogP contribution in [0.2, 0.25) is 0 Å². The first-order valence-electron chi connectivity index (χ1n) is 11.5. The molecule has 3 aromatic rings. The summed E-state index contributed by atoms with van der Waals surface area (Å²) in [7, 11) is 1.56. The Bertz CT molecular complexity index is 1340. The Hall–Kier alpha value is -4.17. The Labute approximate surface area is 209 Å². The van der Waals surface area contributed by atoms with Gasteiger partial charge in [-0.15, -0.1) is 0 Å². The van der Waals surface area contributed by atoms with Crippen LogP contribution >= 0.6 is 0 Å². The number of phenols is 1. The molecule has 1 aliphatic rings. The molecule has 8 heteroatoms. The van der Waals surface area contributed by atoms with Gasteiger partial charge >= 0.3 is 0 Å². The lowest BCUT2D eigenvalue weighted by Crippen LogP contribution is -2.42. The lowest BCUT2D eigenvalue weighted by atomic mass is 10.0. The summed E-state index contributed by atoms with van der Waals surface area (Å²) in [6.07, 6.45) is -0.982. The number of rotatable bonds is 7. The van der Waals surface area contributed by atoms with Crippen LogP contribution < -0.4 is 9.64 Å². The van der Waals surface area contributed by atoms with Crippen molar-refractivity contribution in [2.45, 2.75) is 20.0 Å². The highest BCUT2D eigenvalue weighted by Gasteiger charge is 2.29. The van der Waals surface area contributed by atoms with Crippen molar-refractivity contribution in [1.82, 2.24) is 4.90 Å². The van der Waals surface area contributed by atoms with Crippen molar-refractivity contribution in [3.05, 3.63) is 88.5 Å². The van der Waals surface area contributed by atoms with Gasteiger partial charge in [0.1, 0.15) is 11.5 Å². The van der Waals surface area contributed by atoms with Gasteiger partial charge in [0.15, 0.2) is 12.4 Å². The average molecular weight is 489 g/mol. The number of phenolic OH excluding ortho intramolecular Hbond substituents is 1. The van der Waals surface area contributed by atoms with Gasteiger partial charge in [0.2, 0.25) is 0 Å². The number of hydrogen-bond acceptors (Lipinski definition) is 6. The van der Waals surface area contributed by atoms with E-state index in [1.54, 1.807) is 37.4 Å². The zero-order valence-electron chi connectivity index (χ0n) is 20.4. The number of fused-ring (bicyclic) bond motifs is 1. The Balaban J connectivity index is 1.50. The fraction of sp³-hybridized carbons (Fsp3) is 0.250. The summed E-state index contributed by atoms with van der Waals surface area (Å²) in [5, 5.41) is 20.1. The summed E-state index contributed by atoms with van der Waals surface area (Å²) in [4.78, 5) is 41.3. The molecule has 0 saturated carbocycles. The molecule has 1 aliphatic heterocycles. The van der Waals surface area contributed by atoms with Crippen LogP contribution in [0.1, 0.15) is 43.5 Å². The highest BCUT2D eigenvalue weighted by molar-refractivity contribution is 6.08. The second-order valence-electron chi connectivity index (χ2n) is 8.99. The molecule has 1 atom stereocenters. The first-order valence-corrected chi connectivity index (χ1v) is 11.5. The fourth-order valence-corrected chi connectivity index (χ4v) is 4.27. The molecule has 0 bridgehead atoms. The first kappa shape index (κ1) is 24.9. The largest absolute Gasteiger partial charge is 0.508 e. The summed E-state index contributed by atoms with van der Waals surface area (Å²) in [5.74, 6) is -0.519. The minimum Gasteiger partial charge on any atom is -0.508 e. The Kier molecular flexibility index (Phi) is 7.07. The predicted octanol–water partition coefficient (Wildman–Crippen LogP) is 3.42. The molecule has 36 heavy (non-hydrogen) atoms. The fourth-order valence-electron chi connectivity index (χ4n) is 4.27. The van der Waals surface area contributed by atoms with Gasteiger partial charge in [-0.1, -0.05) is 35.9 Å². The standard InChI is InChI=1S/C28H28N2O6/c1-17-7-9-22(18(2)11-17)25(33)15-30-23-10-8-20(13-26(23)36-16-27(30)34)28(35)29(3)14-24(32)19-5-4-6-21(31)12-19/h4-13,24,31-32H,14-16H2,1-3H3/t24-/m0/s1. The molecule has 0 aromatic heterocycles. The van der Waals surface area contributed by atoms with E-state index >= 15 is 0 Å². The minimum atomic E-state index is -0.982. The van der Waals surface area contributed by atoms with Crippen LogP contribution in [0.4, 0.5) is 5.69 Å². The molecule has 0 spiro atoms. The molecule has 0 unspecified atom stereocenters. The normalized spacial score (nSPS) is 13.6. The van der Waals surface area contributed by atoms with Gasteiger partial charge in [-0.3, -0.25) is 19.3 Å². The van der Waals surface area contributed by atoms with Gasteiger partial charge in [0.05, 0.1) is 24.9 Å². The molecular weight excluding hydrogens is 460 g/mol. The summed E-state index contributed by atoms with van der Waals surface area (Å²) >= 11 is 0. The van der Waals surface area contributed by atoms with E-state index in [4.69, 9.17) is 4.74 Å². The molecule has 0 aliphatic carbocycles. The van der Waals surface area contributed by atoms with Crippen molar-refractivity contribution in [3.63, 3.8) is 0 Å². The second-order valence-corrected chi connectivity index (χ2v) is 8.99. The number of carbonyl (C=O) groups is 3. The number of benzene rings is 3.